The number of anilines is 1. The molecule has 1 aromatic heterocycles. The van der Waals surface area contributed by atoms with Crippen LogP contribution in [0.15, 0.2) is 65.1 Å². The Morgan fingerprint density at radius 2 is 1.65 bits per heavy atom. The van der Waals surface area contributed by atoms with Gasteiger partial charge in [-0.25, -0.2) is 4.79 Å². The van der Waals surface area contributed by atoms with Crippen LogP contribution in [0.2, 0.25) is 0 Å². The average molecular weight is 349 g/mol. The van der Waals surface area contributed by atoms with Gasteiger partial charge in [0.25, 0.3) is 0 Å². The van der Waals surface area contributed by atoms with E-state index in [1.165, 1.54) is 17.7 Å². The molecule has 2 aromatic carbocycles. The molecule has 5 nitrogen and oxygen atoms in total. The standard InChI is InChI=1S/C21H19NO4/c1-14-2-4-15(5-3-14)19-12-10-18(26-19)11-13-20(23)22-17-8-6-16(7-9-17)21(24)25/h2-10,12H,11,13H2,1H3,(H,22,23)(H,24,25). The van der Waals surface area contributed by atoms with Crippen LogP contribution in [-0.2, 0) is 11.2 Å². The van der Waals surface area contributed by atoms with E-state index in [2.05, 4.69) is 5.32 Å². The van der Waals surface area contributed by atoms with Crippen molar-refractivity contribution in [3.05, 3.63) is 77.6 Å². The summed E-state index contributed by atoms with van der Waals surface area (Å²) in [6.07, 6.45) is 0.770. The first kappa shape index (κ1) is 17.5. The maximum Gasteiger partial charge on any atom is 0.335 e. The third kappa shape index (κ3) is 4.39. The number of rotatable bonds is 6. The average Bonchev–Trinajstić information content (AvgIpc) is 3.10. The summed E-state index contributed by atoms with van der Waals surface area (Å²) >= 11 is 0. The molecule has 0 bridgehead atoms. The van der Waals surface area contributed by atoms with Crippen molar-refractivity contribution in [2.75, 3.05) is 5.32 Å². The number of aryl methyl sites for hydroxylation is 2. The zero-order chi connectivity index (χ0) is 18.5. The van der Waals surface area contributed by atoms with Gasteiger partial charge in [0.2, 0.25) is 5.91 Å². The van der Waals surface area contributed by atoms with Gasteiger partial charge in [0, 0.05) is 24.1 Å². The molecule has 132 valence electrons. The van der Waals surface area contributed by atoms with Gasteiger partial charge in [-0.05, 0) is 43.3 Å². The Bertz CT molecular complexity index is 908. The van der Waals surface area contributed by atoms with Crippen LogP contribution in [0.3, 0.4) is 0 Å². The molecule has 0 radical (unpaired) electrons. The number of hydrogen-bond acceptors (Lipinski definition) is 3. The van der Waals surface area contributed by atoms with Gasteiger partial charge in [-0.3, -0.25) is 4.79 Å². The molecular formula is C21H19NO4. The van der Waals surface area contributed by atoms with E-state index in [4.69, 9.17) is 9.52 Å². The van der Waals surface area contributed by atoms with Gasteiger partial charge in [0.1, 0.15) is 11.5 Å². The molecule has 0 aliphatic rings. The Labute approximate surface area is 151 Å². The van der Waals surface area contributed by atoms with Gasteiger partial charge in [0.05, 0.1) is 5.56 Å². The normalized spacial score (nSPS) is 10.5. The Morgan fingerprint density at radius 3 is 2.31 bits per heavy atom. The van der Waals surface area contributed by atoms with Gasteiger partial charge in [-0.1, -0.05) is 29.8 Å². The Hall–Kier alpha value is -3.34. The van der Waals surface area contributed by atoms with Crippen molar-refractivity contribution in [2.24, 2.45) is 0 Å². The Balaban J connectivity index is 1.54. The van der Waals surface area contributed by atoms with Crippen LogP contribution in [0, 0.1) is 6.92 Å². The fourth-order valence-electron chi connectivity index (χ4n) is 2.54. The first-order chi connectivity index (χ1) is 12.5. The minimum atomic E-state index is -0.995. The summed E-state index contributed by atoms with van der Waals surface area (Å²) < 4.78 is 5.81. The van der Waals surface area contributed by atoms with Gasteiger partial charge in [-0.2, -0.15) is 0 Å². The summed E-state index contributed by atoms with van der Waals surface area (Å²) in [4.78, 5) is 22.9. The van der Waals surface area contributed by atoms with Crippen molar-refractivity contribution in [3.63, 3.8) is 0 Å². The second-order valence-electron chi connectivity index (χ2n) is 6.06. The summed E-state index contributed by atoms with van der Waals surface area (Å²) in [5, 5.41) is 11.6. The highest BCUT2D eigenvalue weighted by atomic mass is 16.4. The number of aromatic carboxylic acids is 1. The first-order valence-electron chi connectivity index (χ1n) is 8.30. The molecule has 0 unspecified atom stereocenters. The predicted molar refractivity (Wildman–Crippen MR) is 99.2 cm³/mol. The molecule has 0 saturated carbocycles. The molecule has 5 heteroatoms. The van der Waals surface area contributed by atoms with E-state index < -0.39 is 5.97 Å². The molecule has 0 saturated heterocycles. The lowest BCUT2D eigenvalue weighted by Gasteiger charge is -2.05. The topological polar surface area (TPSA) is 79.5 Å². The van der Waals surface area contributed by atoms with E-state index in [1.807, 2.05) is 43.3 Å². The van der Waals surface area contributed by atoms with Crippen LogP contribution in [0.5, 0.6) is 0 Å². The summed E-state index contributed by atoms with van der Waals surface area (Å²) in [7, 11) is 0. The number of carboxylic acid groups (broad SMARTS) is 1. The quantitative estimate of drug-likeness (QED) is 0.685. The lowest BCUT2D eigenvalue weighted by molar-refractivity contribution is -0.116. The number of carbonyl (C=O) groups is 2. The Morgan fingerprint density at radius 1 is 0.962 bits per heavy atom. The maximum absolute atomic E-state index is 12.0. The molecule has 3 aromatic rings. The maximum atomic E-state index is 12.0. The second-order valence-corrected chi connectivity index (χ2v) is 6.06. The molecule has 0 atom stereocenters. The molecule has 26 heavy (non-hydrogen) atoms. The number of carboxylic acids is 1. The minimum absolute atomic E-state index is 0.152. The molecule has 0 spiro atoms. The van der Waals surface area contributed by atoms with Crippen molar-refractivity contribution in [3.8, 4) is 11.3 Å². The van der Waals surface area contributed by atoms with E-state index in [1.54, 1.807) is 12.1 Å². The number of hydrogen-bond donors (Lipinski definition) is 2. The number of nitrogens with one attached hydrogen (secondary N) is 1. The highest BCUT2D eigenvalue weighted by Gasteiger charge is 2.09. The lowest BCUT2D eigenvalue weighted by Crippen LogP contribution is -2.12. The SMILES string of the molecule is Cc1ccc(-c2ccc(CCC(=O)Nc3ccc(C(=O)O)cc3)o2)cc1. The molecule has 0 fully saturated rings. The van der Waals surface area contributed by atoms with Crippen molar-refractivity contribution in [1.82, 2.24) is 0 Å². The minimum Gasteiger partial charge on any atom is -0.478 e. The molecule has 2 N–H and O–H groups in total. The zero-order valence-corrected chi connectivity index (χ0v) is 14.4. The van der Waals surface area contributed by atoms with E-state index >= 15 is 0 Å². The third-order valence-corrected chi connectivity index (χ3v) is 4.01. The molecule has 0 aliphatic carbocycles. The second kappa shape index (κ2) is 7.70. The number of furan rings is 1. The van der Waals surface area contributed by atoms with Crippen LogP contribution in [0.4, 0.5) is 5.69 Å². The van der Waals surface area contributed by atoms with Gasteiger partial charge in [0.15, 0.2) is 0 Å². The number of benzene rings is 2. The van der Waals surface area contributed by atoms with Gasteiger partial charge < -0.3 is 14.8 Å². The van der Waals surface area contributed by atoms with Crippen LogP contribution < -0.4 is 5.32 Å². The highest BCUT2D eigenvalue weighted by Crippen LogP contribution is 2.23. The molecule has 3 rings (SSSR count). The van der Waals surface area contributed by atoms with Crippen LogP contribution >= 0.6 is 0 Å². The van der Waals surface area contributed by atoms with Crippen molar-refractivity contribution >= 4 is 17.6 Å². The lowest BCUT2D eigenvalue weighted by atomic mass is 10.1. The summed E-state index contributed by atoms with van der Waals surface area (Å²) in [5.41, 5.74) is 2.94. The van der Waals surface area contributed by atoms with Gasteiger partial charge >= 0.3 is 5.97 Å². The summed E-state index contributed by atoms with van der Waals surface area (Å²) in [6.45, 7) is 2.03. The molecular weight excluding hydrogens is 330 g/mol. The fraction of sp³-hybridized carbons (Fsp3) is 0.143. The summed E-state index contributed by atoms with van der Waals surface area (Å²) in [5.74, 6) is 0.382. The monoisotopic (exact) mass is 349 g/mol. The van der Waals surface area contributed by atoms with Crippen molar-refractivity contribution in [2.45, 2.75) is 19.8 Å². The third-order valence-electron chi connectivity index (χ3n) is 4.01. The van der Waals surface area contributed by atoms with E-state index in [0.29, 0.717) is 12.1 Å². The zero-order valence-electron chi connectivity index (χ0n) is 14.4. The number of carbonyl (C=O) groups excluding carboxylic acids is 1. The van der Waals surface area contributed by atoms with Crippen molar-refractivity contribution in [1.29, 1.82) is 0 Å². The van der Waals surface area contributed by atoms with Crippen LogP contribution in [0.1, 0.15) is 28.1 Å². The largest absolute Gasteiger partial charge is 0.478 e. The molecule has 0 aliphatic heterocycles. The van der Waals surface area contributed by atoms with Crippen LogP contribution in [-0.4, -0.2) is 17.0 Å². The van der Waals surface area contributed by atoms with Crippen LogP contribution in [0.25, 0.3) is 11.3 Å². The molecule has 1 amide bonds. The number of amides is 1. The Kier molecular flexibility index (Phi) is 5.17. The molecule has 1 heterocycles. The first-order valence-corrected chi connectivity index (χ1v) is 8.30. The smallest absolute Gasteiger partial charge is 0.335 e. The summed E-state index contributed by atoms with van der Waals surface area (Å²) in [6, 6.07) is 17.9. The van der Waals surface area contributed by atoms with Gasteiger partial charge in [-0.15, -0.1) is 0 Å². The highest BCUT2D eigenvalue weighted by molar-refractivity contribution is 5.92. The predicted octanol–water partition coefficient (Wildman–Crippen LogP) is 4.52. The fourth-order valence-corrected chi connectivity index (χ4v) is 2.54. The van der Waals surface area contributed by atoms with E-state index in [0.717, 1.165) is 17.1 Å². The van der Waals surface area contributed by atoms with E-state index in [9.17, 15) is 9.59 Å². The van der Waals surface area contributed by atoms with E-state index in [-0.39, 0.29) is 17.9 Å². The van der Waals surface area contributed by atoms with Crippen molar-refractivity contribution < 1.29 is 19.1 Å².